The van der Waals surface area contributed by atoms with Crippen LogP contribution in [0.15, 0.2) is 0 Å². The third-order valence-electron chi connectivity index (χ3n) is 1.55. The molecular weight excluding hydrogens is 196 g/mol. The van der Waals surface area contributed by atoms with Crippen LogP contribution >= 0.6 is 0 Å². The van der Waals surface area contributed by atoms with Crippen LogP contribution in [0.2, 0.25) is 0 Å². The third-order valence-corrected chi connectivity index (χ3v) is 1.55. The number of rotatable bonds is 9. The minimum atomic E-state index is -0.271. The monoisotopic (exact) mass is 220 g/mol. The maximum atomic E-state index is 10.3. The Morgan fingerprint density at radius 2 is 1.53 bits per heavy atom. The van der Waals surface area contributed by atoms with Gasteiger partial charge >= 0.3 is 5.97 Å². The van der Waals surface area contributed by atoms with E-state index < -0.39 is 0 Å². The fraction of sp³-hybridized carbons (Fsp3) is 0.909. The van der Waals surface area contributed by atoms with E-state index >= 15 is 0 Å². The van der Waals surface area contributed by atoms with Gasteiger partial charge in [-0.05, 0) is 6.42 Å². The Balaban J connectivity index is 0. The molecule has 0 spiro atoms. The Hall–Kier alpha value is -0.610. The van der Waals surface area contributed by atoms with Crippen LogP contribution in [0.3, 0.4) is 0 Å². The number of carbonyl (C=O) groups excluding carboxylic acids is 1. The number of unbranched alkanes of at least 4 members (excludes halogenated alkanes) is 1. The maximum absolute atomic E-state index is 10.3. The molecule has 0 aliphatic heterocycles. The van der Waals surface area contributed by atoms with E-state index in [2.05, 4.69) is 11.7 Å². The Kier molecular flexibility index (Phi) is 15.0. The average Bonchev–Trinajstić information content (AvgIpc) is 2.15. The molecule has 0 amide bonds. The molecule has 0 bridgehead atoms. The lowest BCUT2D eigenvalue weighted by atomic mass is 10.4. The number of carbonyl (C=O) groups is 1. The lowest BCUT2D eigenvalue weighted by Crippen LogP contribution is -2.11. The zero-order chi connectivity index (χ0) is 10.6. The van der Waals surface area contributed by atoms with Crippen molar-refractivity contribution in [3.8, 4) is 0 Å². The van der Waals surface area contributed by atoms with Gasteiger partial charge in [0, 0.05) is 13.5 Å². The third kappa shape index (κ3) is 16.1. The predicted octanol–water partition coefficient (Wildman–Crippen LogP) is 2.02. The summed E-state index contributed by atoms with van der Waals surface area (Å²) in [6.07, 6.45) is 2.24. The van der Waals surface area contributed by atoms with Crippen molar-refractivity contribution in [3.05, 3.63) is 0 Å². The first-order valence-electron chi connectivity index (χ1n) is 5.06. The lowest BCUT2D eigenvalue weighted by Gasteiger charge is -2.05. The lowest BCUT2D eigenvalue weighted by molar-refractivity contribution is -0.142. The van der Waals surface area contributed by atoms with Crippen LogP contribution in [0, 0.1) is 0 Å². The highest BCUT2D eigenvalue weighted by atomic mass is 16.6. The van der Waals surface area contributed by atoms with Crippen molar-refractivity contribution < 1.29 is 19.0 Å². The summed E-state index contributed by atoms with van der Waals surface area (Å²) in [5.74, 6) is -0.271. The molecule has 0 aliphatic rings. The summed E-state index contributed by atoms with van der Waals surface area (Å²) in [7, 11) is 0. The van der Waals surface area contributed by atoms with E-state index in [0.29, 0.717) is 26.4 Å². The zero-order valence-electron chi connectivity index (χ0n) is 9.08. The highest BCUT2D eigenvalue weighted by molar-refractivity contribution is 5.65. The number of esters is 1. The molecule has 0 aromatic rings. The van der Waals surface area contributed by atoms with Gasteiger partial charge in [0.2, 0.25) is 0 Å². The minimum absolute atomic E-state index is 0. The van der Waals surface area contributed by atoms with Crippen LogP contribution in [0.5, 0.6) is 0 Å². The first kappa shape index (κ1) is 16.8. The van der Waals surface area contributed by atoms with Crippen molar-refractivity contribution in [2.45, 2.75) is 34.1 Å². The summed E-state index contributed by atoms with van der Waals surface area (Å²) in [4.78, 5) is 10.3. The molecule has 0 radical (unpaired) electrons. The van der Waals surface area contributed by atoms with Gasteiger partial charge in [-0.1, -0.05) is 20.8 Å². The van der Waals surface area contributed by atoms with Crippen LogP contribution in [0.25, 0.3) is 0 Å². The molecule has 0 saturated heterocycles. The Bertz CT molecular complexity index is 137. The van der Waals surface area contributed by atoms with Crippen molar-refractivity contribution in [2.75, 3.05) is 33.0 Å². The van der Waals surface area contributed by atoms with Gasteiger partial charge in [-0.2, -0.15) is 0 Å². The van der Waals surface area contributed by atoms with Gasteiger partial charge in [0.05, 0.1) is 19.8 Å². The smallest absolute Gasteiger partial charge is 0.302 e. The van der Waals surface area contributed by atoms with Crippen molar-refractivity contribution in [3.63, 3.8) is 0 Å². The van der Waals surface area contributed by atoms with Crippen molar-refractivity contribution >= 4 is 5.97 Å². The van der Waals surface area contributed by atoms with Gasteiger partial charge < -0.3 is 14.2 Å². The summed E-state index contributed by atoms with van der Waals surface area (Å²) in [6.45, 7) is 6.24. The molecule has 0 unspecified atom stereocenters. The van der Waals surface area contributed by atoms with Crippen molar-refractivity contribution in [1.29, 1.82) is 0 Å². The quantitative estimate of drug-likeness (QED) is 0.440. The van der Waals surface area contributed by atoms with Crippen LogP contribution in [0.1, 0.15) is 34.1 Å². The van der Waals surface area contributed by atoms with Gasteiger partial charge in [-0.25, -0.2) is 0 Å². The first-order valence-corrected chi connectivity index (χ1v) is 5.06. The molecule has 15 heavy (non-hydrogen) atoms. The topological polar surface area (TPSA) is 44.8 Å². The van der Waals surface area contributed by atoms with Crippen molar-refractivity contribution in [2.24, 2.45) is 0 Å². The summed E-state index contributed by atoms with van der Waals surface area (Å²) in [5, 5.41) is 0. The summed E-state index contributed by atoms with van der Waals surface area (Å²) < 4.78 is 15.1. The number of hydrogen-bond acceptors (Lipinski definition) is 4. The van der Waals surface area contributed by atoms with E-state index in [9.17, 15) is 4.79 Å². The standard InChI is InChI=1S/C10H20O4.CH4/c1-3-4-5-12-6-7-13-8-9-14-10(2)11;/h3-9H2,1-2H3;1H4. The number of hydrogen-bond donors (Lipinski definition) is 0. The molecule has 0 heterocycles. The van der Waals surface area contributed by atoms with E-state index in [0.717, 1.165) is 19.4 Å². The van der Waals surface area contributed by atoms with Gasteiger partial charge in [-0.3, -0.25) is 4.79 Å². The molecule has 0 aliphatic carbocycles. The van der Waals surface area contributed by atoms with Crippen LogP contribution in [0.4, 0.5) is 0 Å². The molecule has 0 rings (SSSR count). The van der Waals surface area contributed by atoms with E-state index in [4.69, 9.17) is 9.47 Å². The zero-order valence-corrected chi connectivity index (χ0v) is 9.08. The largest absolute Gasteiger partial charge is 0.463 e. The molecule has 0 fully saturated rings. The number of ether oxygens (including phenoxy) is 3. The molecule has 92 valence electrons. The fourth-order valence-corrected chi connectivity index (χ4v) is 0.813. The molecule has 0 atom stereocenters. The minimum Gasteiger partial charge on any atom is -0.463 e. The van der Waals surface area contributed by atoms with E-state index in [1.807, 2.05) is 0 Å². The molecule has 4 heteroatoms. The molecular formula is C11H24O4. The van der Waals surface area contributed by atoms with E-state index in [1.54, 1.807) is 0 Å². The molecule has 0 aromatic heterocycles. The van der Waals surface area contributed by atoms with Gasteiger partial charge in [0.1, 0.15) is 6.61 Å². The SMILES string of the molecule is C.CCCCOCCOCCOC(C)=O. The molecule has 0 aromatic carbocycles. The maximum Gasteiger partial charge on any atom is 0.302 e. The summed E-state index contributed by atoms with van der Waals surface area (Å²) in [5.41, 5.74) is 0. The second-order valence-electron chi connectivity index (χ2n) is 2.92. The van der Waals surface area contributed by atoms with Gasteiger partial charge in [0.25, 0.3) is 0 Å². The molecule has 0 N–H and O–H groups in total. The van der Waals surface area contributed by atoms with Crippen LogP contribution in [-0.4, -0.2) is 39.0 Å². The van der Waals surface area contributed by atoms with Crippen LogP contribution in [-0.2, 0) is 19.0 Å². The average molecular weight is 220 g/mol. The van der Waals surface area contributed by atoms with Crippen molar-refractivity contribution in [1.82, 2.24) is 0 Å². The predicted molar refractivity (Wildman–Crippen MR) is 59.9 cm³/mol. The molecule has 4 nitrogen and oxygen atoms in total. The summed E-state index contributed by atoms with van der Waals surface area (Å²) in [6, 6.07) is 0. The second kappa shape index (κ2) is 13.4. The normalized spacial score (nSPS) is 9.47. The highest BCUT2D eigenvalue weighted by Crippen LogP contribution is 1.87. The van der Waals surface area contributed by atoms with Gasteiger partial charge in [-0.15, -0.1) is 0 Å². The second-order valence-corrected chi connectivity index (χ2v) is 2.92. The highest BCUT2D eigenvalue weighted by Gasteiger charge is 1.93. The van der Waals surface area contributed by atoms with E-state index in [-0.39, 0.29) is 13.4 Å². The molecule has 0 saturated carbocycles. The van der Waals surface area contributed by atoms with Crippen LogP contribution < -0.4 is 0 Å². The Labute approximate surface area is 92.9 Å². The van der Waals surface area contributed by atoms with E-state index in [1.165, 1.54) is 6.92 Å². The van der Waals surface area contributed by atoms with Gasteiger partial charge in [0.15, 0.2) is 0 Å². The first-order chi connectivity index (χ1) is 6.77. The Morgan fingerprint density at radius 1 is 1.00 bits per heavy atom. The fourth-order valence-electron chi connectivity index (χ4n) is 0.813. The summed E-state index contributed by atoms with van der Waals surface area (Å²) >= 11 is 0. The Morgan fingerprint density at radius 3 is 2.07 bits per heavy atom.